The molecule has 0 saturated carbocycles. The second-order valence-electron chi connectivity index (χ2n) is 4.64. The Balaban J connectivity index is 1.87. The molecule has 0 spiro atoms. The van der Waals surface area contributed by atoms with Crippen LogP contribution in [0.4, 0.5) is 10.5 Å². The van der Waals surface area contributed by atoms with E-state index in [-0.39, 0.29) is 0 Å². The number of nitrogens with zero attached hydrogens (tertiary/aromatic N) is 2. The number of aromatic nitrogens is 2. The molecule has 1 N–H and O–H groups in total. The normalized spacial score (nSPS) is 10.5. The number of nitrogens with one attached hydrogen (secondary N) is 1. The van der Waals surface area contributed by atoms with E-state index in [1.54, 1.807) is 32.4 Å². The van der Waals surface area contributed by atoms with Crippen LogP contribution >= 0.6 is 11.3 Å². The predicted molar refractivity (Wildman–Crippen MR) is 90.0 cm³/mol. The molecule has 1 amide bonds. The summed E-state index contributed by atoms with van der Waals surface area (Å²) in [4.78, 5) is 20.3. The Morgan fingerprint density at radius 3 is 2.87 bits per heavy atom. The van der Waals surface area contributed by atoms with Gasteiger partial charge in [0.05, 0.1) is 23.9 Å². The van der Waals surface area contributed by atoms with E-state index in [2.05, 4.69) is 15.3 Å². The molecule has 1 aromatic carbocycles. The molecular weight excluding hydrogens is 314 g/mol. The van der Waals surface area contributed by atoms with E-state index in [0.29, 0.717) is 18.2 Å². The number of amides is 1. The summed E-state index contributed by atoms with van der Waals surface area (Å²) in [5, 5.41) is 3.55. The number of thiazole rings is 1. The van der Waals surface area contributed by atoms with Gasteiger partial charge in [-0.2, -0.15) is 0 Å². The van der Waals surface area contributed by atoms with Gasteiger partial charge in [0.25, 0.3) is 0 Å². The highest BCUT2D eigenvalue weighted by molar-refractivity contribution is 7.21. The molecule has 0 saturated heterocycles. The summed E-state index contributed by atoms with van der Waals surface area (Å²) < 4.78 is 10.9. The second kappa shape index (κ2) is 6.62. The van der Waals surface area contributed by atoms with Crippen LogP contribution in [-0.2, 0) is 4.74 Å². The molecule has 3 rings (SSSR count). The zero-order chi connectivity index (χ0) is 16.2. The highest BCUT2D eigenvalue weighted by Crippen LogP contribution is 2.31. The maximum absolute atomic E-state index is 11.5. The van der Waals surface area contributed by atoms with Crippen molar-refractivity contribution in [3.05, 3.63) is 36.5 Å². The second-order valence-corrected chi connectivity index (χ2v) is 5.67. The SMILES string of the molecule is CCOC(=O)Nc1ccc2nc(-c3ccc(OC)nc3)sc2c1. The third-order valence-electron chi connectivity index (χ3n) is 3.10. The van der Waals surface area contributed by atoms with Gasteiger partial charge in [-0.05, 0) is 31.2 Å². The van der Waals surface area contributed by atoms with Crippen molar-refractivity contribution in [1.82, 2.24) is 9.97 Å². The molecule has 0 aliphatic carbocycles. The highest BCUT2D eigenvalue weighted by atomic mass is 32.1. The minimum absolute atomic E-state index is 0.337. The average Bonchev–Trinajstić information content (AvgIpc) is 2.98. The van der Waals surface area contributed by atoms with Gasteiger partial charge >= 0.3 is 6.09 Å². The van der Waals surface area contributed by atoms with E-state index >= 15 is 0 Å². The molecular formula is C16H15N3O3S. The molecule has 0 bridgehead atoms. The van der Waals surface area contributed by atoms with Gasteiger partial charge in [0, 0.05) is 23.5 Å². The summed E-state index contributed by atoms with van der Waals surface area (Å²) in [6.45, 7) is 2.10. The van der Waals surface area contributed by atoms with E-state index in [4.69, 9.17) is 9.47 Å². The number of carbonyl (C=O) groups excluding carboxylic acids is 1. The minimum Gasteiger partial charge on any atom is -0.481 e. The zero-order valence-electron chi connectivity index (χ0n) is 12.7. The lowest BCUT2D eigenvalue weighted by Crippen LogP contribution is -2.12. The Hall–Kier alpha value is -2.67. The molecule has 0 unspecified atom stereocenters. The summed E-state index contributed by atoms with van der Waals surface area (Å²) in [5.41, 5.74) is 2.47. The monoisotopic (exact) mass is 329 g/mol. The van der Waals surface area contributed by atoms with Crippen molar-refractivity contribution in [2.75, 3.05) is 19.0 Å². The first-order valence-corrected chi connectivity index (χ1v) is 7.86. The number of rotatable bonds is 4. The Bertz CT molecular complexity index is 830. The third-order valence-corrected chi connectivity index (χ3v) is 4.17. The van der Waals surface area contributed by atoms with Crippen molar-refractivity contribution in [3.63, 3.8) is 0 Å². The lowest BCUT2D eigenvalue weighted by molar-refractivity contribution is 0.168. The summed E-state index contributed by atoms with van der Waals surface area (Å²) in [7, 11) is 1.58. The lowest BCUT2D eigenvalue weighted by Gasteiger charge is -2.04. The first-order chi connectivity index (χ1) is 11.2. The van der Waals surface area contributed by atoms with E-state index in [0.717, 1.165) is 20.8 Å². The molecule has 118 valence electrons. The fourth-order valence-corrected chi connectivity index (χ4v) is 3.03. The first kappa shape index (κ1) is 15.2. The number of anilines is 1. The van der Waals surface area contributed by atoms with Crippen LogP contribution in [0.5, 0.6) is 5.88 Å². The van der Waals surface area contributed by atoms with Crippen LogP contribution in [-0.4, -0.2) is 29.8 Å². The van der Waals surface area contributed by atoms with Gasteiger partial charge in [-0.3, -0.25) is 5.32 Å². The Morgan fingerprint density at radius 2 is 2.17 bits per heavy atom. The molecule has 23 heavy (non-hydrogen) atoms. The van der Waals surface area contributed by atoms with Gasteiger partial charge in [-0.15, -0.1) is 11.3 Å². The highest BCUT2D eigenvalue weighted by Gasteiger charge is 2.09. The van der Waals surface area contributed by atoms with Gasteiger partial charge < -0.3 is 9.47 Å². The molecule has 0 aliphatic heterocycles. The van der Waals surface area contributed by atoms with E-state index in [9.17, 15) is 4.79 Å². The van der Waals surface area contributed by atoms with Crippen molar-refractivity contribution in [1.29, 1.82) is 0 Å². The van der Waals surface area contributed by atoms with Gasteiger partial charge in [0.1, 0.15) is 5.01 Å². The minimum atomic E-state index is -0.462. The van der Waals surface area contributed by atoms with E-state index in [1.165, 1.54) is 11.3 Å². The van der Waals surface area contributed by atoms with Crippen molar-refractivity contribution in [2.45, 2.75) is 6.92 Å². The number of ether oxygens (including phenoxy) is 2. The maximum Gasteiger partial charge on any atom is 0.411 e. The van der Waals surface area contributed by atoms with Crippen LogP contribution in [0.3, 0.4) is 0 Å². The summed E-state index contributed by atoms with van der Waals surface area (Å²) in [6, 6.07) is 9.27. The standard InChI is InChI=1S/C16H15N3O3S/c1-3-22-16(20)18-11-5-6-12-13(8-11)23-15(19-12)10-4-7-14(21-2)17-9-10/h4-9H,3H2,1-2H3,(H,18,20). The zero-order valence-corrected chi connectivity index (χ0v) is 13.5. The fraction of sp³-hybridized carbons (Fsp3) is 0.188. The number of hydrogen-bond donors (Lipinski definition) is 1. The smallest absolute Gasteiger partial charge is 0.411 e. The summed E-state index contributed by atoms with van der Waals surface area (Å²) >= 11 is 1.53. The first-order valence-electron chi connectivity index (χ1n) is 7.04. The van der Waals surface area contributed by atoms with Crippen molar-refractivity contribution in [3.8, 4) is 16.5 Å². The Morgan fingerprint density at radius 1 is 1.30 bits per heavy atom. The number of hydrogen-bond acceptors (Lipinski definition) is 6. The molecule has 0 fully saturated rings. The molecule has 0 radical (unpaired) electrons. The van der Waals surface area contributed by atoms with Crippen molar-refractivity contribution < 1.29 is 14.3 Å². The van der Waals surface area contributed by atoms with Crippen LogP contribution in [0.2, 0.25) is 0 Å². The molecule has 2 heterocycles. The van der Waals surface area contributed by atoms with Crippen molar-refractivity contribution >= 4 is 33.3 Å². The molecule has 0 aliphatic rings. The molecule has 0 atom stereocenters. The van der Waals surface area contributed by atoms with Crippen LogP contribution in [0.1, 0.15) is 6.92 Å². The molecule has 2 aromatic heterocycles. The van der Waals surface area contributed by atoms with Gasteiger partial charge in [0.15, 0.2) is 0 Å². The quantitative estimate of drug-likeness (QED) is 0.785. The number of fused-ring (bicyclic) bond motifs is 1. The number of pyridine rings is 1. The Kier molecular flexibility index (Phi) is 4.38. The molecule has 6 nitrogen and oxygen atoms in total. The van der Waals surface area contributed by atoms with E-state index in [1.807, 2.05) is 18.2 Å². The fourth-order valence-electron chi connectivity index (χ4n) is 2.04. The predicted octanol–water partition coefficient (Wildman–Crippen LogP) is 3.94. The summed E-state index contributed by atoms with van der Waals surface area (Å²) in [5.74, 6) is 0.566. The maximum atomic E-state index is 11.5. The molecule has 7 heteroatoms. The largest absolute Gasteiger partial charge is 0.481 e. The van der Waals surface area contributed by atoms with Crippen LogP contribution in [0.15, 0.2) is 36.5 Å². The van der Waals surface area contributed by atoms with E-state index < -0.39 is 6.09 Å². The van der Waals surface area contributed by atoms with Crippen LogP contribution in [0, 0.1) is 0 Å². The van der Waals surface area contributed by atoms with Crippen molar-refractivity contribution in [2.24, 2.45) is 0 Å². The number of carbonyl (C=O) groups is 1. The van der Waals surface area contributed by atoms with Crippen LogP contribution in [0.25, 0.3) is 20.8 Å². The van der Waals surface area contributed by atoms with Gasteiger partial charge in [-0.25, -0.2) is 14.8 Å². The summed E-state index contributed by atoms with van der Waals surface area (Å²) in [6.07, 6.45) is 1.27. The van der Waals surface area contributed by atoms with Gasteiger partial charge in [-0.1, -0.05) is 0 Å². The average molecular weight is 329 g/mol. The Labute approximate surface area is 137 Å². The molecule has 3 aromatic rings. The topological polar surface area (TPSA) is 73.3 Å². The third kappa shape index (κ3) is 3.40. The number of benzene rings is 1. The van der Waals surface area contributed by atoms with Gasteiger partial charge in [0.2, 0.25) is 5.88 Å². The number of methoxy groups -OCH3 is 1. The van der Waals surface area contributed by atoms with Crippen LogP contribution < -0.4 is 10.1 Å². The lowest BCUT2D eigenvalue weighted by atomic mass is 10.3.